The van der Waals surface area contributed by atoms with Crippen molar-refractivity contribution in [1.29, 1.82) is 0 Å². The van der Waals surface area contributed by atoms with Crippen LogP contribution in [0.25, 0.3) is 0 Å². The third kappa shape index (κ3) is 3.62. The van der Waals surface area contributed by atoms with E-state index in [-0.39, 0.29) is 16.7 Å². The maximum absolute atomic E-state index is 12.6. The van der Waals surface area contributed by atoms with E-state index in [2.05, 4.69) is 5.32 Å². The first-order chi connectivity index (χ1) is 10.4. The zero-order valence-corrected chi connectivity index (χ0v) is 14.4. The minimum Gasteiger partial charge on any atom is -0.356 e. The van der Waals surface area contributed by atoms with E-state index >= 15 is 0 Å². The quantitative estimate of drug-likeness (QED) is 0.910. The molecular formula is C15H21ClN2O3S. The highest BCUT2D eigenvalue weighted by molar-refractivity contribution is 7.89. The van der Waals surface area contributed by atoms with Crippen LogP contribution in [0.1, 0.15) is 25.3 Å². The summed E-state index contributed by atoms with van der Waals surface area (Å²) in [6.07, 6.45) is 1.09. The molecule has 1 saturated heterocycles. The molecule has 0 spiro atoms. The maximum Gasteiger partial charge on any atom is 0.243 e. The number of halogens is 1. The molecule has 7 heteroatoms. The third-order valence-corrected chi connectivity index (χ3v) is 6.26. The van der Waals surface area contributed by atoms with Crippen molar-refractivity contribution in [2.45, 2.75) is 31.6 Å². The molecule has 0 aromatic heterocycles. The Morgan fingerprint density at radius 1 is 1.36 bits per heavy atom. The normalized spacial score (nSPS) is 17.4. The van der Waals surface area contributed by atoms with Gasteiger partial charge in [0.2, 0.25) is 15.9 Å². The van der Waals surface area contributed by atoms with Crippen molar-refractivity contribution in [1.82, 2.24) is 9.62 Å². The second-order valence-corrected chi connectivity index (χ2v) is 7.83. The Bertz CT molecular complexity index is 653. The number of carbonyl (C=O) groups is 1. The van der Waals surface area contributed by atoms with Crippen molar-refractivity contribution in [2.75, 3.05) is 19.6 Å². The van der Waals surface area contributed by atoms with E-state index in [0.717, 1.165) is 5.56 Å². The average molecular weight is 345 g/mol. The van der Waals surface area contributed by atoms with Crippen molar-refractivity contribution in [3.63, 3.8) is 0 Å². The van der Waals surface area contributed by atoms with E-state index in [4.69, 9.17) is 11.6 Å². The van der Waals surface area contributed by atoms with Gasteiger partial charge >= 0.3 is 0 Å². The molecular weight excluding hydrogens is 324 g/mol. The smallest absolute Gasteiger partial charge is 0.243 e. The van der Waals surface area contributed by atoms with Crippen molar-refractivity contribution in [3.8, 4) is 0 Å². The van der Waals surface area contributed by atoms with Gasteiger partial charge in [-0.3, -0.25) is 4.79 Å². The van der Waals surface area contributed by atoms with Gasteiger partial charge in [-0.1, -0.05) is 17.7 Å². The van der Waals surface area contributed by atoms with E-state index in [0.29, 0.717) is 37.5 Å². The minimum atomic E-state index is -3.55. The zero-order chi connectivity index (χ0) is 16.3. The predicted molar refractivity (Wildman–Crippen MR) is 86.4 cm³/mol. The summed E-state index contributed by atoms with van der Waals surface area (Å²) in [4.78, 5) is 12.0. The number of piperidine rings is 1. The van der Waals surface area contributed by atoms with Gasteiger partial charge in [0, 0.05) is 30.6 Å². The number of benzene rings is 1. The van der Waals surface area contributed by atoms with Crippen LogP contribution in [-0.2, 0) is 14.8 Å². The maximum atomic E-state index is 12.6. The van der Waals surface area contributed by atoms with Gasteiger partial charge in [0.15, 0.2) is 0 Å². The molecule has 1 N–H and O–H groups in total. The molecule has 1 aromatic rings. The van der Waals surface area contributed by atoms with E-state index in [1.807, 2.05) is 13.8 Å². The fraction of sp³-hybridized carbons (Fsp3) is 0.533. The van der Waals surface area contributed by atoms with Crippen LogP contribution in [-0.4, -0.2) is 38.3 Å². The summed E-state index contributed by atoms with van der Waals surface area (Å²) in [6.45, 7) is 5.01. The van der Waals surface area contributed by atoms with Gasteiger partial charge in [0.25, 0.3) is 0 Å². The van der Waals surface area contributed by atoms with Crippen molar-refractivity contribution in [2.24, 2.45) is 5.92 Å². The molecule has 1 amide bonds. The Balaban J connectivity index is 2.09. The van der Waals surface area contributed by atoms with Crippen LogP contribution in [0.4, 0.5) is 0 Å². The van der Waals surface area contributed by atoms with Crippen LogP contribution in [0.15, 0.2) is 23.1 Å². The fourth-order valence-electron chi connectivity index (χ4n) is 2.56. The molecule has 122 valence electrons. The molecule has 2 rings (SSSR count). The Hall–Kier alpha value is -1.11. The molecule has 1 aromatic carbocycles. The molecule has 1 heterocycles. The molecule has 1 aliphatic heterocycles. The lowest BCUT2D eigenvalue weighted by atomic mass is 9.97. The molecule has 0 unspecified atom stereocenters. The second-order valence-electron chi connectivity index (χ2n) is 5.48. The predicted octanol–water partition coefficient (Wildman–Crippen LogP) is 2.19. The van der Waals surface area contributed by atoms with Crippen LogP contribution in [0.3, 0.4) is 0 Å². The van der Waals surface area contributed by atoms with Gasteiger partial charge < -0.3 is 5.32 Å². The Kier molecular flexibility index (Phi) is 5.47. The lowest BCUT2D eigenvalue weighted by molar-refractivity contribution is -0.126. The number of sulfonamides is 1. The highest BCUT2D eigenvalue weighted by Crippen LogP contribution is 2.26. The first-order valence-electron chi connectivity index (χ1n) is 7.40. The number of carbonyl (C=O) groups excluding carboxylic acids is 1. The molecule has 0 saturated carbocycles. The summed E-state index contributed by atoms with van der Waals surface area (Å²) in [5.74, 6) is -0.0917. The fourth-order valence-corrected chi connectivity index (χ4v) is 4.30. The Morgan fingerprint density at radius 3 is 2.55 bits per heavy atom. The van der Waals surface area contributed by atoms with Gasteiger partial charge in [-0.25, -0.2) is 8.42 Å². The highest BCUT2D eigenvalue weighted by Gasteiger charge is 2.32. The summed E-state index contributed by atoms with van der Waals surface area (Å²) in [6, 6.07) is 4.77. The van der Waals surface area contributed by atoms with Crippen molar-refractivity contribution < 1.29 is 13.2 Å². The van der Waals surface area contributed by atoms with Crippen LogP contribution in [0.5, 0.6) is 0 Å². The third-order valence-electron chi connectivity index (χ3n) is 3.96. The SMILES string of the molecule is CCNC(=O)C1CCN(S(=O)(=O)c2ccc(C)c(Cl)c2)CC1. The van der Waals surface area contributed by atoms with Crippen LogP contribution in [0.2, 0.25) is 5.02 Å². The second kappa shape index (κ2) is 6.98. The van der Waals surface area contributed by atoms with Gasteiger partial charge in [-0.2, -0.15) is 4.31 Å². The minimum absolute atomic E-state index is 0.0120. The molecule has 0 bridgehead atoms. The molecule has 0 aliphatic carbocycles. The Labute approximate surface area is 136 Å². The topological polar surface area (TPSA) is 66.5 Å². The number of nitrogens with zero attached hydrogens (tertiary/aromatic N) is 1. The summed E-state index contributed by atoms with van der Waals surface area (Å²) in [5.41, 5.74) is 0.843. The molecule has 1 fully saturated rings. The average Bonchev–Trinajstić information content (AvgIpc) is 2.50. The van der Waals surface area contributed by atoms with Gasteiger partial charge in [0.1, 0.15) is 0 Å². The van der Waals surface area contributed by atoms with Crippen LogP contribution >= 0.6 is 11.6 Å². The van der Waals surface area contributed by atoms with E-state index in [1.165, 1.54) is 10.4 Å². The van der Waals surface area contributed by atoms with Crippen LogP contribution in [0, 0.1) is 12.8 Å². The summed E-state index contributed by atoms with van der Waals surface area (Å²) < 4.78 is 26.7. The van der Waals surface area contributed by atoms with Gasteiger partial charge in [-0.15, -0.1) is 0 Å². The number of aryl methyl sites for hydroxylation is 1. The largest absolute Gasteiger partial charge is 0.356 e. The molecule has 0 atom stereocenters. The number of nitrogens with one attached hydrogen (secondary N) is 1. The van der Waals surface area contributed by atoms with Gasteiger partial charge in [-0.05, 0) is 44.4 Å². The lowest BCUT2D eigenvalue weighted by Gasteiger charge is -2.30. The first-order valence-corrected chi connectivity index (χ1v) is 9.22. The first kappa shape index (κ1) is 17.2. The van der Waals surface area contributed by atoms with Crippen LogP contribution < -0.4 is 5.32 Å². The standard InChI is InChI=1S/C15H21ClN2O3S/c1-3-17-15(19)12-6-8-18(9-7-12)22(20,21)13-5-4-11(2)14(16)10-13/h4-5,10,12H,3,6-9H2,1-2H3,(H,17,19). The zero-order valence-electron chi connectivity index (χ0n) is 12.8. The van der Waals surface area contributed by atoms with E-state index < -0.39 is 10.0 Å². The van der Waals surface area contributed by atoms with Crippen molar-refractivity contribution in [3.05, 3.63) is 28.8 Å². The van der Waals surface area contributed by atoms with Gasteiger partial charge in [0.05, 0.1) is 4.90 Å². The number of rotatable bonds is 4. The monoisotopic (exact) mass is 344 g/mol. The van der Waals surface area contributed by atoms with Crippen molar-refractivity contribution >= 4 is 27.5 Å². The molecule has 5 nitrogen and oxygen atoms in total. The van der Waals surface area contributed by atoms with E-state index in [1.54, 1.807) is 12.1 Å². The molecule has 0 radical (unpaired) electrons. The molecule has 1 aliphatic rings. The summed E-state index contributed by atoms with van der Waals surface area (Å²) in [7, 11) is -3.55. The Morgan fingerprint density at radius 2 is 2.00 bits per heavy atom. The summed E-state index contributed by atoms with van der Waals surface area (Å²) >= 11 is 6.02. The molecule has 22 heavy (non-hydrogen) atoms. The summed E-state index contributed by atoms with van der Waals surface area (Å²) in [5, 5.41) is 3.23. The number of amides is 1. The number of hydrogen-bond acceptors (Lipinski definition) is 3. The number of hydrogen-bond donors (Lipinski definition) is 1. The van der Waals surface area contributed by atoms with E-state index in [9.17, 15) is 13.2 Å². The lowest BCUT2D eigenvalue weighted by Crippen LogP contribution is -2.42. The highest BCUT2D eigenvalue weighted by atomic mass is 35.5.